The van der Waals surface area contributed by atoms with Crippen molar-refractivity contribution in [2.24, 2.45) is 11.8 Å². The van der Waals surface area contributed by atoms with Gasteiger partial charge in [-0.1, -0.05) is 32.6 Å². The van der Waals surface area contributed by atoms with Crippen LogP contribution in [0.15, 0.2) is 0 Å². The molecule has 1 saturated carbocycles. The number of carboxylic acid groups (broad SMARTS) is 1. The molecule has 2 aliphatic rings. The zero-order chi connectivity index (χ0) is 15.2. The molecule has 0 aromatic carbocycles. The second kappa shape index (κ2) is 8.06. The van der Waals surface area contributed by atoms with Gasteiger partial charge < -0.3 is 10.0 Å². The van der Waals surface area contributed by atoms with Crippen LogP contribution < -0.4 is 0 Å². The van der Waals surface area contributed by atoms with Crippen LogP contribution in [0, 0.1) is 11.8 Å². The number of hydrogen-bond donors (Lipinski definition) is 1. The van der Waals surface area contributed by atoms with Crippen LogP contribution in [0.2, 0.25) is 0 Å². The average Bonchev–Trinajstić information content (AvgIpc) is 2.97. The van der Waals surface area contributed by atoms with E-state index in [9.17, 15) is 9.59 Å². The minimum absolute atomic E-state index is 0.0819. The smallest absolute Gasteiger partial charge is 0.305 e. The summed E-state index contributed by atoms with van der Waals surface area (Å²) in [4.78, 5) is 25.7. The van der Waals surface area contributed by atoms with Crippen LogP contribution in [0.3, 0.4) is 0 Å². The monoisotopic (exact) mass is 313 g/mol. The van der Waals surface area contributed by atoms with E-state index in [1.54, 1.807) is 11.8 Å². The molecule has 1 saturated heterocycles. The maximum Gasteiger partial charge on any atom is 0.305 e. The van der Waals surface area contributed by atoms with Crippen molar-refractivity contribution in [1.29, 1.82) is 0 Å². The molecule has 21 heavy (non-hydrogen) atoms. The Bertz CT molecular complexity index is 369. The molecule has 1 N–H and O–H groups in total. The lowest BCUT2D eigenvalue weighted by atomic mass is 9.90. The van der Waals surface area contributed by atoms with E-state index in [0.29, 0.717) is 12.5 Å². The van der Waals surface area contributed by atoms with Gasteiger partial charge in [0, 0.05) is 24.0 Å². The number of amides is 1. The van der Waals surface area contributed by atoms with Gasteiger partial charge in [-0.3, -0.25) is 9.59 Å². The van der Waals surface area contributed by atoms with Crippen molar-refractivity contribution in [3.63, 3.8) is 0 Å². The Morgan fingerprint density at radius 3 is 2.67 bits per heavy atom. The van der Waals surface area contributed by atoms with Crippen LogP contribution >= 0.6 is 11.8 Å². The van der Waals surface area contributed by atoms with Gasteiger partial charge in [-0.15, -0.1) is 0 Å². The van der Waals surface area contributed by atoms with Gasteiger partial charge in [-0.2, -0.15) is 11.8 Å². The summed E-state index contributed by atoms with van der Waals surface area (Å²) in [6.45, 7) is 2.80. The van der Waals surface area contributed by atoms with Crippen LogP contribution in [0.25, 0.3) is 0 Å². The van der Waals surface area contributed by atoms with Crippen molar-refractivity contribution < 1.29 is 14.7 Å². The van der Waals surface area contributed by atoms with E-state index < -0.39 is 5.97 Å². The summed E-state index contributed by atoms with van der Waals surface area (Å²) in [6, 6.07) is -0.119. The van der Waals surface area contributed by atoms with Crippen molar-refractivity contribution in [3.8, 4) is 0 Å². The minimum atomic E-state index is -0.802. The van der Waals surface area contributed by atoms with Gasteiger partial charge in [-0.25, -0.2) is 0 Å². The topological polar surface area (TPSA) is 57.6 Å². The molecule has 2 fully saturated rings. The Labute approximate surface area is 131 Å². The fourth-order valence-electron chi connectivity index (χ4n) is 3.64. The third-order valence-corrected chi connectivity index (χ3v) is 5.95. The quantitative estimate of drug-likeness (QED) is 0.819. The number of carbonyl (C=O) groups excluding carboxylic acids is 1. The fraction of sp³-hybridized carbons (Fsp3) is 0.875. The lowest BCUT2D eigenvalue weighted by Crippen LogP contribution is -2.49. The summed E-state index contributed by atoms with van der Waals surface area (Å²) in [5, 5.41) is 9.04. The summed E-state index contributed by atoms with van der Waals surface area (Å²) in [7, 11) is 0. The van der Waals surface area contributed by atoms with Gasteiger partial charge >= 0.3 is 5.97 Å². The second-order valence-corrected chi connectivity index (χ2v) is 7.50. The molecule has 5 heteroatoms. The summed E-state index contributed by atoms with van der Waals surface area (Å²) in [5.74, 6) is 1.89. The predicted molar refractivity (Wildman–Crippen MR) is 85.4 cm³/mol. The average molecular weight is 313 g/mol. The predicted octanol–water partition coefficient (Wildman–Crippen LogP) is 3.01. The molecule has 2 atom stereocenters. The molecule has 2 rings (SSSR count). The molecule has 120 valence electrons. The molecular formula is C16H27NO3S. The maximum atomic E-state index is 12.8. The van der Waals surface area contributed by atoms with Crippen LogP contribution in [-0.2, 0) is 9.59 Å². The molecule has 4 nitrogen and oxygen atoms in total. The molecule has 1 amide bonds. The molecule has 1 aliphatic heterocycles. The van der Waals surface area contributed by atoms with Crippen molar-refractivity contribution in [1.82, 2.24) is 4.90 Å². The Morgan fingerprint density at radius 1 is 1.33 bits per heavy atom. The lowest BCUT2D eigenvalue weighted by molar-refractivity contribution is -0.142. The Morgan fingerprint density at radius 2 is 2.05 bits per heavy atom. The van der Waals surface area contributed by atoms with E-state index in [1.807, 2.05) is 4.90 Å². The summed E-state index contributed by atoms with van der Waals surface area (Å²) in [6.07, 6.45) is 7.08. The highest BCUT2D eigenvalue weighted by Crippen LogP contribution is 2.33. The van der Waals surface area contributed by atoms with Crippen molar-refractivity contribution in [2.45, 2.75) is 57.9 Å². The number of hydrogen-bond acceptors (Lipinski definition) is 3. The minimum Gasteiger partial charge on any atom is -0.481 e. The Hall–Kier alpha value is -0.710. The molecule has 0 aromatic heterocycles. The van der Waals surface area contributed by atoms with Crippen molar-refractivity contribution in [2.75, 3.05) is 18.1 Å². The largest absolute Gasteiger partial charge is 0.481 e. The lowest BCUT2D eigenvalue weighted by Gasteiger charge is -2.37. The number of nitrogens with zero attached hydrogens (tertiary/aromatic N) is 1. The molecule has 0 radical (unpaired) electrons. The van der Waals surface area contributed by atoms with Crippen molar-refractivity contribution in [3.05, 3.63) is 0 Å². The second-order valence-electron chi connectivity index (χ2n) is 6.35. The third kappa shape index (κ3) is 4.63. The van der Waals surface area contributed by atoms with Crippen LogP contribution in [-0.4, -0.2) is 46.0 Å². The van der Waals surface area contributed by atoms with Gasteiger partial charge in [0.25, 0.3) is 0 Å². The first-order valence-corrected chi connectivity index (χ1v) is 9.37. The number of carboxylic acids is 1. The van der Waals surface area contributed by atoms with E-state index in [0.717, 1.165) is 24.3 Å². The summed E-state index contributed by atoms with van der Waals surface area (Å²) < 4.78 is 0. The highest BCUT2D eigenvalue weighted by molar-refractivity contribution is 7.99. The molecule has 1 aliphatic carbocycles. The summed E-state index contributed by atoms with van der Waals surface area (Å²) >= 11 is 1.76. The highest BCUT2D eigenvalue weighted by atomic mass is 32.2. The van der Waals surface area contributed by atoms with E-state index in [2.05, 4.69) is 6.92 Å². The van der Waals surface area contributed by atoms with Gasteiger partial charge in [0.2, 0.25) is 5.91 Å². The van der Waals surface area contributed by atoms with Gasteiger partial charge in [0.1, 0.15) is 0 Å². The molecule has 2 unspecified atom stereocenters. The third-order valence-electron chi connectivity index (χ3n) is 4.86. The number of carbonyl (C=O) groups is 2. The molecular weight excluding hydrogens is 286 g/mol. The first kappa shape index (κ1) is 16.7. The zero-order valence-electron chi connectivity index (χ0n) is 12.9. The van der Waals surface area contributed by atoms with E-state index in [4.69, 9.17) is 5.11 Å². The van der Waals surface area contributed by atoms with E-state index in [-0.39, 0.29) is 24.3 Å². The van der Waals surface area contributed by atoms with Gasteiger partial charge in [0.05, 0.1) is 12.5 Å². The fourth-order valence-corrected chi connectivity index (χ4v) is 4.70. The Balaban J connectivity index is 1.97. The standard InChI is InChI=1S/C16H27NO3S/c1-2-13(9-12-5-3-4-6-12)16(20)17-7-8-21-11-14(17)10-15(18)19/h12-14H,2-11H2,1H3,(H,18,19). The van der Waals surface area contributed by atoms with Crippen molar-refractivity contribution >= 4 is 23.6 Å². The highest BCUT2D eigenvalue weighted by Gasteiger charge is 2.33. The number of aliphatic carboxylic acids is 1. The van der Waals surface area contributed by atoms with Gasteiger partial charge in [0.15, 0.2) is 0 Å². The SMILES string of the molecule is CCC(CC1CCCC1)C(=O)N1CCSCC1CC(=O)O. The maximum absolute atomic E-state index is 12.8. The van der Waals surface area contributed by atoms with E-state index >= 15 is 0 Å². The van der Waals surface area contributed by atoms with Crippen LogP contribution in [0.5, 0.6) is 0 Å². The first-order valence-electron chi connectivity index (χ1n) is 8.21. The first-order chi connectivity index (χ1) is 10.1. The molecule has 1 heterocycles. The Kier molecular flexibility index (Phi) is 6.40. The van der Waals surface area contributed by atoms with Crippen LogP contribution in [0.1, 0.15) is 51.9 Å². The van der Waals surface area contributed by atoms with E-state index in [1.165, 1.54) is 25.7 Å². The number of rotatable bonds is 6. The molecule has 0 spiro atoms. The van der Waals surface area contributed by atoms with Crippen LogP contribution in [0.4, 0.5) is 0 Å². The summed E-state index contributed by atoms with van der Waals surface area (Å²) in [5.41, 5.74) is 0. The number of thioether (sulfide) groups is 1. The van der Waals surface area contributed by atoms with Gasteiger partial charge in [-0.05, 0) is 18.8 Å². The molecule has 0 aromatic rings. The zero-order valence-corrected chi connectivity index (χ0v) is 13.7. The normalized spacial score (nSPS) is 25.0. The molecule has 0 bridgehead atoms.